The third-order valence-electron chi connectivity index (χ3n) is 3.11. The minimum atomic E-state index is 0.182. The van der Waals surface area contributed by atoms with Crippen molar-refractivity contribution in [3.05, 3.63) is 30.3 Å². The zero-order valence-corrected chi connectivity index (χ0v) is 14.5. The van der Waals surface area contributed by atoms with Gasteiger partial charge in [0, 0.05) is 20.1 Å². The summed E-state index contributed by atoms with van der Waals surface area (Å²) in [4.78, 5) is 6.44. The van der Waals surface area contributed by atoms with E-state index < -0.39 is 0 Å². The molecule has 0 aromatic heterocycles. The molecule has 0 heterocycles. The second-order valence-electron chi connectivity index (χ2n) is 6.42. The molecule has 0 fully saturated rings. The molecule has 0 saturated carbocycles. The molecule has 5 nitrogen and oxygen atoms in total. The first-order chi connectivity index (χ1) is 10.4. The molecule has 0 bridgehead atoms. The number of ether oxygens (including phenoxy) is 1. The van der Waals surface area contributed by atoms with Crippen LogP contribution in [0.4, 0.5) is 0 Å². The fraction of sp³-hybridized carbons (Fsp3) is 0.588. The third-order valence-corrected chi connectivity index (χ3v) is 3.11. The van der Waals surface area contributed by atoms with E-state index in [9.17, 15) is 0 Å². The van der Waals surface area contributed by atoms with Crippen LogP contribution in [0.3, 0.4) is 0 Å². The average Bonchev–Trinajstić information content (AvgIpc) is 2.46. The van der Waals surface area contributed by atoms with E-state index >= 15 is 0 Å². The number of para-hydroxylation sites is 1. The summed E-state index contributed by atoms with van der Waals surface area (Å²) >= 11 is 0. The van der Waals surface area contributed by atoms with Gasteiger partial charge in [0.25, 0.3) is 0 Å². The van der Waals surface area contributed by atoms with Crippen LogP contribution < -0.4 is 15.4 Å². The fourth-order valence-electron chi connectivity index (χ4n) is 2.31. The summed E-state index contributed by atoms with van der Waals surface area (Å²) in [5.74, 6) is 1.70. The molecule has 5 heteroatoms. The fourth-order valence-corrected chi connectivity index (χ4v) is 2.31. The lowest BCUT2D eigenvalue weighted by molar-refractivity contribution is 0.241. The normalized spacial score (nSPS) is 12.4. The van der Waals surface area contributed by atoms with Crippen molar-refractivity contribution in [3.63, 3.8) is 0 Å². The van der Waals surface area contributed by atoms with Crippen LogP contribution in [0.5, 0.6) is 5.75 Å². The summed E-state index contributed by atoms with van der Waals surface area (Å²) in [6, 6.07) is 9.83. The Balaban J connectivity index is 2.25. The minimum Gasteiger partial charge on any atom is -0.492 e. The monoisotopic (exact) mass is 306 g/mol. The smallest absolute Gasteiger partial charge is 0.191 e. The first kappa shape index (κ1) is 18.3. The van der Waals surface area contributed by atoms with Crippen LogP contribution in [0.1, 0.15) is 13.8 Å². The molecular weight excluding hydrogens is 276 g/mol. The summed E-state index contributed by atoms with van der Waals surface area (Å²) in [7, 11) is 5.97. The summed E-state index contributed by atoms with van der Waals surface area (Å²) in [6.07, 6.45) is 0. The lowest BCUT2D eigenvalue weighted by atomic mass is 9.93. The van der Waals surface area contributed by atoms with E-state index in [1.807, 2.05) is 30.3 Å². The predicted molar refractivity (Wildman–Crippen MR) is 93.6 cm³/mol. The average molecular weight is 306 g/mol. The Hall–Kier alpha value is -1.75. The maximum Gasteiger partial charge on any atom is 0.191 e. The Kier molecular flexibility index (Phi) is 7.74. The van der Waals surface area contributed by atoms with E-state index in [0.29, 0.717) is 13.2 Å². The van der Waals surface area contributed by atoms with Crippen LogP contribution in [0.2, 0.25) is 0 Å². The number of guanidine groups is 1. The molecule has 0 spiro atoms. The van der Waals surface area contributed by atoms with Gasteiger partial charge in [-0.3, -0.25) is 4.99 Å². The molecule has 0 amide bonds. The van der Waals surface area contributed by atoms with Gasteiger partial charge in [-0.05, 0) is 31.6 Å². The molecule has 124 valence electrons. The number of rotatable bonds is 8. The van der Waals surface area contributed by atoms with Crippen LogP contribution in [-0.4, -0.2) is 58.2 Å². The van der Waals surface area contributed by atoms with E-state index in [1.54, 1.807) is 7.05 Å². The van der Waals surface area contributed by atoms with Gasteiger partial charge in [-0.2, -0.15) is 0 Å². The van der Waals surface area contributed by atoms with Crippen molar-refractivity contribution >= 4 is 5.96 Å². The number of hydrogen-bond donors (Lipinski definition) is 2. The van der Waals surface area contributed by atoms with Crippen molar-refractivity contribution in [1.82, 2.24) is 15.5 Å². The highest BCUT2D eigenvalue weighted by Crippen LogP contribution is 2.13. The van der Waals surface area contributed by atoms with E-state index in [2.05, 4.69) is 48.5 Å². The molecule has 2 N–H and O–H groups in total. The molecule has 1 aromatic carbocycles. The summed E-state index contributed by atoms with van der Waals surface area (Å²) in [5.41, 5.74) is 0.182. The standard InChI is InChI=1S/C17H30N4O/c1-17(2,14-21(4)5)13-20-16(18-3)19-11-12-22-15-9-7-6-8-10-15/h6-10H,11-14H2,1-5H3,(H2,18,19,20). The van der Waals surface area contributed by atoms with Gasteiger partial charge < -0.3 is 20.3 Å². The second kappa shape index (κ2) is 9.30. The van der Waals surface area contributed by atoms with Crippen molar-refractivity contribution in [2.45, 2.75) is 13.8 Å². The van der Waals surface area contributed by atoms with Crippen LogP contribution in [0.15, 0.2) is 35.3 Å². The Labute approximate surface area is 134 Å². The number of nitrogens with one attached hydrogen (secondary N) is 2. The van der Waals surface area contributed by atoms with Crippen molar-refractivity contribution < 1.29 is 4.74 Å². The molecule has 0 radical (unpaired) electrons. The topological polar surface area (TPSA) is 48.9 Å². The third kappa shape index (κ3) is 7.88. The Morgan fingerprint density at radius 2 is 1.86 bits per heavy atom. The van der Waals surface area contributed by atoms with Crippen LogP contribution in [0.25, 0.3) is 0 Å². The first-order valence-electron chi connectivity index (χ1n) is 7.70. The number of hydrogen-bond acceptors (Lipinski definition) is 3. The van der Waals surface area contributed by atoms with E-state index in [-0.39, 0.29) is 5.41 Å². The van der Waals surface area contributed by atoms with E-state index in [0.717, 1.165) is 24.8 Å². The van der Waals surface area contributed by atoms with Gasteiger partial charge in [0.1, 0.15) is 12.4 Å². The Morgan fingerprint density at radius 3 is 2.45 bits per heavy atom. The number of benzene rings is 1. The predicted octanol–water partition coefficient (Wildman–Crippen LogP) is 1.82. The van der Waals surface area contributed by atoms with Crippen LogP contribution in [0, 0.1) is 5.41 Å². The van der Waals surface area contributed by atoms with Crippen molar-refractivity contribution in [1.29, 1.82) is 0 Å². The Bertz CT molecular complexity index is 443. The molecule has 1 aromatic rings. The molecule has 0 atom stereocenters. The second-order valence-corrected chi connectivity index (χ2v) is 6.42. The molecular formula is C17H30N4O. The lowest BCUT2D eigenvalue weighted by Crippen LogP contribution is -2.45. The van der Waals surface area contributed by atoms with Gasteiger partial charge >= 0.3 is 0 Å². The summed E-state index contributed by atoms with van der Waals surface area (Å²) in [5, 5.41) is 6.64. The van der Waals surface area contributed by atoms with Crippen molar-refractivity contribution in [3.8, 4) is 5.75 Å². The quantitative estimate of drug-likeness (QED) is 0.437. The highest BCUT2D eigenvalue weighted by molar-refractivity contribution is 5.79. The lowest BCUT2D eigenvalue weighted by Gasteiger charge is -2.29. The van der Waals surface area contributed by atoms with Gasteiger partial charge in [0.15, 0.2) is 5.96 Å². The van der Waals surface area contributed by atoms with Crippen LogP contribution in [-0.2, 0) is 0 Å². The summed E-state index contributed by atoms with van der Waals surface area (Å²) in [6.45, 7) is 7.69. The largest absolute Gasteiger partial charge is 0.492 e. The van der Waals surface area contributed by atoms with E-state index in [4.69, 9.17) is 4.74 Å². The van der Waals surface area contributed by atoms with Gasteiger partial charge in [-0.15, -0.1) is 0 Å². The number of aliphatic imine (C=N–C) groups is 1. The maximum absolute atomic E-state index is 5.65. The van der Waals surface area contributed by atoms with Gasteiger partial charge in [0.2, 0.25) is 0 Å². The zero-order valence-electron chi connectivity index (χ0n) is 14.5. The van der Waals surface area contributed by atoms with Gasteiger partial charge in [0.05, 0.1) is 6.54 Å². The van der Waals surface area contributed by atoms with Gasteiger partial charge in [-0.25, -0.2) is 0 Å². The minimum absolute atomic E-state index is 0.182. The Morgan fingerprint density at radius 1 is 1.18 bits per heavy atom. The van der Waals surface area contributed by atoms with E-state index in [1.165, 1.54) is 0 Å². The molecule has 0 saturated heterocycles. The first-order valence-corrected chi connectivity index (χ1v) is 7.70. The molecule has 0 aliphatic rings. The highest BCUT2D eigenvalue weighted by atomic mass is 16.5. The van der Waals surface area contributed by atoms with Gasteiger partial charge in [-0.1, -0.05) is 32.0 Å². The maximum atomic E-state index is 5.65. The zero-order chi connectivity index (χ0) is 16.4. The number of nitrogens with zero attached hydrogens (tertiary/aromatic N) is 2. The summed E-state index contributed by atoms with van der Waals surface area (Å²) < 4.78 is 5.65. The molecule has 0 aliphatic carbocycles. The SMILES string of the molecule is CN=C(NCCOc1ccccc1)NCC(C)(C)CN(C)C. The van der Waals surface area contributed by atoms with Crippen molar-refractivity contribution in [2.75, 3.05) is 47.4 Å². The molecule has 0 aliphatic heterocycles. The van der Waals surface area contributed by atoms with Crippen molar-refractivity contribution in [2.24, 2.45) is 10.4 Å². The molecule has 1 rings (SSSR count). The molecule has 22 heavy (non-hydrogen) atoms. The molecule has 0 unspecified atom stereocenters. The highest BCUT2D eigenvalue weighted by Gasteiger charge is 2.19. The van der Waals surface area contributed by atoms with Crippen LogP contribution >= 0.6 is 0 Å².